The largest absolute Gasteiger partial charge is 0.305 e. The van der Waals surface area contributed by atoms with Crippen LogP contribution in [0.15, 0.2) is 21.4 Å². The van der Waals surface area contributed by atoms with Crippen molar-refractivity contribution in [2.75, 3.05) is 0 Å². The van der Waals surface area contributed by atoms with Gasteiger partial charge >= 0.3 is 0 Å². The van der Waals surface area contributed by atoms with Crippen molar-refractivity contribution in [3.05, 3.63) is 37.5 Å². The van der Waals surface area contributed by atoms with Gasteiger partial charge in [0.05, 0.1) is 10.6 Å². The van der Waals surface area contributed by atoms with E-state index in [0.717, 1.165) is 17.0 Å². The number of nitrogens with zero attached hydrogens (tertiary/aromatic N) is 1. The summed E-state index contributed by atoms with van der Waals surface area (Å²) >= 11 is 4.96. The molecule has 0 atom stereocenters. The highest BCUT2D eigenvalue weighted by atomic mass is 79.9. The van der Waals surface area contributed by atoms with Crippen molar-refractivity contribution < 1.29 is 0 Å². The van der Waals surface area contributed by atoms with Crippen LogP contribution in [0.25, 0.3) is 10.7 Å². The van der Waals surface area contributed by atoms with Crippen LogP contribution in [0.1, 0.15) is 38.3 Å². The monoisotopic (exact) mass is 340 g/mol. The van der Waals surface area contributed by atoms with Crippen LogP contribution in [0.3, 0.4) is 0 Å². The summed E-state index contributed by atoms with van der Waals surface area (Å²) in [6.45, 7) is 8.53. The van der Waals surface area contributed by atoms with Gasteiger partial charge in [-0.1, -0.05) is 27.7 Å². The smallest absolute Gasteiger partial charge is 0.265 e. The third-order valence-electron chi connectivity index (χ3n) is 2.84. The maximum atomic E-state index is 11.9. The van der Waals surface area contributed by atoms with Gasteiger partial charge in [0, 0.05) is 4.88 Å². The summed E-state index contributed by atoms with van der Waals surface area (Å²) in [5, 5.41) is 0. The van der Waals surface area contributed by atoms with Crippen molar-refractivity contribution in [3.63, 3.8) is 0 Å². The van der Waals surface area contributed by atoms with Gasteiger partial charge in [-0.05, 0) is 39.9 Å². The first-order chi connectivity index (χ1) is 8.82. The number of H-pyrrole nitrogens is 1. The number of rotatable bonds is 2. The van der Waals surface area contributed by atoms with E-state index in [4.69, 9.17) is 0 Å². The van der Waals surface area contributed by atoms with Crippen LogP contribution in [0.4, 0.5) is 0 Å². The van der Waals surface area contributed by atoms with Crippen LogP contribution in [0, 0.1) is 0 Å². The summed E-state index contributed by atoms with van der Waals surface area (Å²) in [6.07, 6.45) is 0.731. The number of hydrogen-bond acceptors (Lipinski definition) is 3. The van der Waals surface area contributed by atoms with Gasteiger partial charge in [0.25, 0.3) is 5.56 Å². The number of thiophene rings is 1. The molecule has 0 bridgehead atoms. The van der Waals surface area contributed by atoms with Gasteiger partial charge in [0.15, 0.2) is 5.82 Å². The molecule has 1 N–H and O–H groups in total. The number of hydrogen-bond donors (Lipinski definition) is 1. The van der Waals surface area contributed by atoms with Crippen LogP contribution in [-0.4, -0.2) is 9.97 Å². The van der Waals surface area contributed by atoms with Crippen molar-refractivity contribution in [1.82, 2.24) is 9.97 Å². The lowest BCUT2D eigenvalue weighted by Crippen LogP contribution is -2.12. The topological polar surface area (TPSA) is 45.8 Å². The molecule has 0 saturated heterocycles. The van der Waals surface area contributed by atoms with Gasteiger partial charge in [-0.2, -0.15) is 0 Å². The SMILES string of the molecule is CCc1nc(-c2ccc(C(C)(C)C)s2)[nH]c(=O)c1Br. The molecule has 0 aliphatic carbocycles. The molecular weight excluding hydrogens is 324 g/mol. The zero-order valence-corrected chi connectivity index (χ0v) is 13.9. The molecule has 0 spiro atoms. The fraction of sp³-hybridized carbons (Fsp3) is 0.429. The minimum atomic E-state index is -0.118. The van der Waals surface area contributed by atoms with Crippen molar-refractivity contribution in [2.24, 2.45) is 0 Å². The molecular formula is C14H17BrN2OS. The Balaban J connectivity index is 2.51. The average Bonchev–Trinajstić information content (AvgIpc) is 2.81. The number of aryl methyl sites for hydroxylation is 1. The van der Waals surface area contributed by atoms with Crippen LogP contribution >= 0.6 is 27.3 Å². The maximum absolute atomic E-state index is 11.9. The Kier molecular flexibility index (Phi) is 3.97. The highest BCUT2D eigenvalue weighted by Gasteiger charge is 2.18. The molecule has 2 aromatic rings. The molecule has 2 rings (SSSR count). The lowest BCUT2D eigenvalue weighted by Gasteiger charge is -2.15. The van der Waals surface area contributed by atoms with Crippen molar-refractivity contribution in [2.45, 2.75) is 39.5 Å². The fourth-order valence-corrected chi connectivity index (χ4v) is 3.20. The third-order valence-corrected chi connectivity index (χ3v) is 5.18. The second-order valence-electron chi connectivity index (χ2n) is 5.44. The van der Waals surface area contributed by atoms with Gasteiger partial charge < -0.3 is 4.98 Å². The predicted octanol–water partition coefficient (Wildman–Crippen LogP) is 4.12. The summed E-state index contributed by atoms with van der Waals surface area (Å²) in [5.41, 5.74) is 0.795. The minimum Gasteiger partial charge on any atom is -0.305 e. The van der Waals surface area contributed by atoms with E-state index in [1.165, 1.54) is 4.88 Å². The van der Waals surface area contributed by atoms with Crippen LogP contribution in [0.5, 0.6) is 0 Å². The van der Waals surface area contributed by atoms with E-state index < -0.39 is 0 Å². The van der Waals surface area contributed by atoms with Crippen molar-refractivity contribution in [1.29, 1.82) is 0 Å². The molecule has 102 valence electrons. The molecule has 0 amide bonds. The highest BCUT2D eigenvalue weighted by molar-refractivity contribution is 9.10. The van der Waals surface area contributed by atoms with E-state index in [0.29, 0.717) is 10.3 Å². The van der Waals surface area contributed by atoms with Gasteiger partial charge in [0.1, 0.15) is 4.47 Å². The van der Waals surface area contributed by atoms with Crippen LogP contribution in [0.2, 0.25) is 0 Å². The summed E-state index contributed by atoms with van der Waals surface area (Å²) in [4.78, 5) is 21.5. The lowest BCUT2D eigenvalue weighted by molar-refractivity contribution is 0.604. The van der Waals surface area contributed by atoms with Gasteiger partial charge in [-0.3, -0.25) is 4.79 Å². The minimum absolute atomic E-state index is 0.117. The molecule has 0 aliphatic heterocycles. The lowest BCUT2D eigenvalue weighted by atomic mass is 9.95. The highest BCUT2D eigenvalue weighted by Crippen LogP contribution is 2.33. The molecule has 0 aromatic carbocycles. The normalized spacial score (nSPS) is 11.8. The second-order valence-corrected chi connectivity index (χ2v) is 7.32. The molecule has 0 aliphatic rings. The predicted molar refractivity (Wildman–Crippen MR) is 83.9 cm³/mol. The van der Waals surface area contributed by atoms with E-state index in [2.05, 4.69) is 52.7 Å². The van der Waals surface area contributed by atoms with E-state index in [9.17, 15) is 4.79 Å². The quantitative estimate of drug-likeness (QED) is 0.893. The number of halogens is 1. The van der Waals surface area contributed by atoms with E-state index in [1.54, 1.807) is 11.3 Å². The van der Waals surface area contributed by atoms with Gasteiger partial charge in [-0.15, -0.1) is 11.3 Å². The van der Waals surface area contributed by atoms with Crippen molar-refractivity contribution in [3.8, 4) is 10.7 Å². The first kappa shape index (κ1) is 14.5. The molecule has 3 nitrogen and oxygen atoms in total. The van der Waals surface area contributed by atoms with Crippen molar-refractivity contribution >= 4 is 27.3 Å². The summed E-state index contributed by atoms with van der Waals surface area (Å²) in [7, 11) is 0. The Morgan fingerprint density at radius 2 is 2.05 bits per heavy atom. The van der Waals surface area contributed by atoms with Crippen LogP contribution in [-0.2, 0) is 11.8 Å². The molecule has 0 fully saturated rings. The Hall–Kier alpha value is -0.940. The Bertz CT molecular complexity index is 652. The number of nitrogens with one attached hydrogen (secondary N) is 1. The zero-order valence-electron chi connectivity index (χ0n) is 11.5. The summed E-state index contributed by atoms with van der Waals surface area (Å²) in [6, 6.07) is 4.13. The van der Waals surface area contributed by atoms with Gasteiger partial charge in [-0.25, -0.2) is 4.98 Å². The molecule has 0 unspecified atom stereocenters. The number of aromatic amines is 1. The molecule has 2 aromatic heterocycles. The Morgan fingerprint density at radius 3 is 2.58 bits per heavy atom. The van der Waals surface area contributed by atoms with Gasteiger partial charge in [0.2, 0.25) is 0 Å². The Labute approximate surface area is 125 Å². The molecule has 19 heavy (non-hydrogen) atoms. The van der Waals surface area contributed by atoms with E-state index in [1.807, 2.05) is 13.0 Å². The molecule has 0 radical (unpaired) electrons. The van der Waals surface area contributed by atoms with Crippen LogP contribution < -0.4 is 5.56 Å². The summed E-state index contributed by atoms with van der Waals surface area (Å²) < 4.78 is 0.534. The van der Waals surface area contributed by atoms with E-state index in [-0.39, 0.29) is 11.0 Å². The Morgan fingerprint density at radius 1 is 1.37 bits per heavy atom. The molecule has 2 heterocycles. The third kappa shape index (κ3) is 2.98. The molecule has 5 heteroatoms. The zero-order chi connectivity index (χ0) is 14.2. The first-order valence-electron chi connectivity index (χ1n) is 6.22. The average molecular weight is 341 g/mol. The second kappa shape index (κ2) is 5.21. The standard InChI is InChI=1S/C14H17BrN2OS/c1-5-8-11(15)13(18)17-12(16-8)9-6-7-10(19-9)14(2,3)4/h6-7H,5H2,1-4H3,(H,16,17,18). The molecule has 0 saturated carbocycles. The summed E-state index contributed by atoms with van der Waals surface area (Å²) in [5.74, 6) is 0.658. The first-order valence-corrected chi connectivity index (χ1v) is 7.83. The fourth-order valence-electron chi connectivity index (χ4n) is 1.72. The van der Waals surface area contributed by atoms with E-state index >= 15 is 0 Å². The number of aromatic nitrogens is 2. The maximum Gasteiger partial charge on any atom is 0.265 e.